The van der Waals surface area contributed by atoms with Crippen LogP contribution in [0, 0.1) is 18.7 Å². The Kier molecular flexibility index (Phi) is 5.77. The zero-order valence-corrected chi connectivity index (χ0v) is 13.5. The summed E-state index contributed by atoms with van der Waals surface area (Å²) in [5.41, 5.74) is 1.31. The molecule has 0 radical (unpaired) electrons. The molecular formula is C18H28FNO. The molecule has 2 nitrogen and oxygen atoms in total. The van der Waals surface area contributed by atoms with E-state index in [-0.39, 0.29) is 5.82 Å². The first-order valence-electron chi connectivity index (χ1n) is 8.13. The fourth-order valence-electron chi connectivity index (χ4n) is 3.43. The maximum atomic E-state index is 13.6. The molecule has 0 aromatic heterocycles. The largest absolute Gasteiger partial charge is 0.388 e. The standard InChI is InChI=1S/C18H28FNO/c1-13-8-9-15(12-16(13)19)18(21)10-11-20(3)17-7-5-4-6-14(17)2/h8-9,12,14,17-18,21H,4-7,10-11H2,1-3H3. The first-order valence-corrected chi connectivity index (χ1v) is 8.13. The lowest BCUT2D eigenvalue weighted by Crippen LogP contribution is -2.39. The summed E-state index contributed by atoms with van der Waals surface area (Å²) in [6.45, 7) is 4.92. The van der Waals surface area contributed by atoms with Crippen LogP contribution in [0.15, 0.2) is 18.2 Å². The number of nitrogens with zero attached hydrogens (tertiary/aromatic N) is 1. The molecule has 0 spiro atoms. The van der Waals surface area contributed by atoms with Gasteiger partial charge >= 0.3 is 0 Å². The number of hydrogen-bond donors (Lipinski definition) is 1. The topological polar surface area (TPSA) is 23.5 Å². The summed E-state index contributed by atoms with van der Waals surface area (Å²) >= 11 is 0. The van der Waals surface area contributed by atoms with E-state index in [9.17, 15) is 9.50 Å². The lowest BCUT2D eigenvalue weighted by atomic mass is 9.85. The molecule has 0 heterocycles. The Labute approximate surface area is 128 Å². The average molecular weight is 293 g/mol. The predicted molar refractivity (Wildman–Crippen MR) is 84.8 cm³/mol. The zero-order valence-electron chi connectivity index (χ0n) is 13.5. The van der Waals surface area contributed by atoms with E-state index < -0.39 is 6.10 Å². The van der Waals surface area contributed by atoms with Crippen LogP contribution in [-0.2, 0) is 0 Å². The van der Waals surface area contributed by atoms with Crippen LogP contribution in [0.2, 0.25) is 0 Å². The van der Waals surface area contributed by atoms with Crippen molar-refractivity contribution >= 4 is 0 Å². The Morgan fingerprint density at radius 2 is 2.05 bits per heavy atom. The Balaban J connectivity index is 1.87. The summed E-state index contributed by atoms with van der Waals surface area (Å²) in [5.74, 6) is 0.499. The first-order chi connectivity index (χ1) is 9.99. The van der Waals surface area contributed by atoms with Crippen molar-refractivity contribution in [1.29, 1.82) is 0 Å². The molecule has 0 bridgehead atoms. The van der Waals surface area contributed by atoms with E-state index in [0.717, 1.165) is 12.5 Å². The molecule has 3 atom stereocenters. The van der Waals surface area contributed by atoms with Crippen LogP contribution < -0.4 is 0 Å². The lowest BCUT2D eigenvalue weighted by Gasteiger charge is -2.36. The van der Waals surface area contributed by atoms with Crippen molar-refractivity contribution < 1.29 is 9.50 Å². The molecule has 118 valence electrons. The Hall–Kier alpha value is -0.930. The van der Waals surface area contributed by atoms with Gasteiger partial charge in [-0.25, -0.2) is 4.39 Å². The minimum absolute atomic E-state index is 0.235. The molecule has 2 rings (SSSR count). The SMILES string of the molecule is Cc1ccc(C(O)CCN(C)C2CCCCC2C)cc1F. The molecule has 3 unspecified atom stereocenters. The van der Waals surface area contributed by atoms with Crippen molar-refractivity contribution in [2.45, 2.75) is 58.1 Å². The zero-order chi connectivity index (χ0) is 15.4. The molecule has 21 heavy (non-hydrogen) atoms. The number of rotatable bonds is 5. The summed E-state index contributed by atoms with van der Waals surface area (Å²) in [7, 11) is 2.15. The second kappa shape index (κ2) is 7.37. The van der Waals surface area contributed by atoms with E-state index in [1.807, 2.05) is 6.07 Å². The third-order valence-electron chi connectivity index (χ3n) is 4.97. The molecule has 0 amide bonds. The quantitative estimate of drug-likeness (QED) is 0.884. The van der Waals surface area contributed by atoms with Gasteiger partial charge in [0.15, 0.2) is 0 Å². The van der Waals surface area contributed by atoms with Crippen LogP contribution >= 0.6 is 0 Å². The highest BCUT2D eigenvalue weighted by molar-refractivity contribution is 5.24. The van der Waals surface area contributed by atoms with Gasteiger partial charge in [-0.1, -0.05) is 31.9 Å². The van der Waals surface area contributed by atoms with E-state index >= 15 is 0 Å². The normalized spacial score (nSPS) is 24.3. The highest BCUT2D eigenvalue weighted by Gasteiger charge is 2.25. The number of aryl methyl sites for hydroxylation is 1. The van der Waals surface area contributed by atoms with E-state index in [1.165, 1.54) is 31.7 Å². The van der Waals surface area contributed by atoms with Gasteiger partial charge in [-0.15, -0.1) is 0 Å². The smallest absolute Gasteiger partial charge is 0.126 e. The van der Waals surface area contributed by atoms with Gasteiger partial charge in [-0.05, 0) is 56.3 Å². The highest BCUT2D eigenvalue weighted by Crippen LogP contribution is 2.28. The summed E-state index contributed by atoms with van der Waals surface area (Å²) in [6.07, 6.45) is 5.29. The lowest BCUT2D eigenvalue weighted by molar-refractivity contribution is 0.103. The minimum atomic E-state index is -0.582. The summed E-state index contributed by atoms with van der Waals surface area (Å²) in [6, 6.07) is 5.65. The Morgan fingerprint density at radius 3 is 2.71 bits per heavy atom. The second-order valence-electron chi connectivity index (χ2n) is 6.62. The molecule has 1 N–H and O–H groups in total. The molecule has 0 saturated heterocycles. The molecule has 1 fully saturated rings. The minimum Gasteiger partial charge on any atom is -0.388 e. The van der Waals surface area contributed by atoms with Crippen LogP contribution in [0.5, 0.6) is 0 Å². The Bertz CT molecular complexity index is 463. The Morgan fingerprint density at radius 1 is 1.33 bits per heavy atom. The fourth-order valence-corrected chi connectivity index (χ4v) is 3.43. The maximum Gasteiger partial charge on any atom is 0.126 e. The van der Waals surface area contributed by atoms with Gasteiger partial charge in [-0.3, -0.25) is 0 Å². The van der Waals surface area contributed by atoms with E-state index in [2.05, 4.69) is 18.9 Å². The molecule has 1 aromatic rings. The van der Waals surface area contributed by atoms with Crippen LogP contribution in [0.1, 0.15) is 56.3 Å². The van der Waals surface area contributed by atoms with Crippen molar-refractivity contribution in [3.8, 4) is 0 Å². The third kappa shape index (κ3) is 4.27. The number of aliphatic hydroxyl groups excluding tert-OH is 1. The molecule has 1 aliphatic rings. The van der Waals surface area contributed by atoms with Crippen molar-refractivity contribution in [3.63, 3.8) is 0 Å². The van der Waals surface area contributed by atoms with Crippen molar-refractivity contribution in [2.75, 3.05) is 13.6 Å². The number of aliphatic hydroxyl groups is 1. The van der Waals surface area contributed by atoms with Crippen molar-refractivity contribution in [1.82, 2.24) is 4.90 Å². The summed E-state index contributed by atoms with van der Waals surface area (Å²) in [5, 5.41) is 10.3. The molecule has 1 aromatic carbocycles. The van der Waals surface area contributed by atoms with E-state index in [4.69, 9.17) is 0 Å². The second-order valence-corrected chi connectivity index (χ2v) is 6.62. The molecule has 0 aliphatic heterocycles. The van der Waals surface area contributed by atoms with Gasteiger partial charge in [0.25, 0.3) is 0 Å². The summed E-state index contributed by atoms with van der Waals surface area (Å²) in [4.78, 5) is 2.37. The number of benzene rings is 1. The average Bonchev–Trinajstić information content (AvgIpc) is 2.47. The van der Waals surface area contributed by atoms with Crippen LogP contribution in [0.4, 0.5) is 4.39 Å². The van der Waals surface area contributed by atoms with Crippen LogP contribution in [0.3, 0.4) is 0 Å². The third-order valence-corrected chi connectivity index (χ3v) is 4.97. The monoisotopic (exact) mass is 293 g/mol. The first kappa shape index (κ1) is 16.4. The highest BCUT2D eigenvalue weighted by atomic mass is 19.1. The van der Waals surface area contributed by atoms with Crippen LogP contribution in [-0.4, -0.2) is 29.6 Å². The summed E-state index contributed by atoms with van der Waals surface area (Å²) < 4.78 is 13.6. The van der Waals surface area contributed by atoms with E-state index in [1.54, 1.807) is 13.0 Å². The van der Waals surface area contributed by atoms with Gasteiger partial charge in [0.1, 0.15) is 5.82 Å². The molecule has 1 saturated carbocycles. The van der Waals surface area contributed by atoms with Crippen molar-refractivity contribution in [3.05, 3.63) is 35.1 Å². The fraction of sp³-hybridized carbons (Fsp3) is 0.667. The molecule has 3 heteroatoms. The van der Waals surface area contributed by atoms with Gasteiger partial charge in [0.2, 0.25) is 0 Å². The van der Waals surface area contributed by atoms with E-state index in [0.29, 0.717) is 23.6 Å². The molecule has 1 aliphatic carbocycles. The van der Waals surface area contributed by atoms with Gasteiger partial charge in [0, 0.05) is 12.6 Å². The maximum absolute atomic E-state index is 13.6. The number of hydrogen-bond acceptors (Lipinski definition) is 2. The van der Waals surface area contributed by atoms with Crippen molar-refractivity contribution in [2.24, 2.45) is 5.92 Å². The number of halogens is 1. The van der Waals surface area contributed by atoms with Gasteiger partial charge in [-0.2, -0.15) is 0 Å². The van der Waals surface area contributed by atoms with Crippen LogP contribution in [0.25, 0.3) is 0 Å². The van der Waals surface area contributed by atoms with Gasteiger partial charge < -0.3 is 10.0 Å². The molecular weight excluding hydrogens is 265 g/mol. The predicted octanol–water partition coefficient (Wildman–Crippen LogP) is 4.07. The van der Waals surface area contributed by atoms with Gasteiger partial charge in [0.05, 0.1) is 6.10 Å².